The molecule has 176 valence electrons. The molecule has 1 atom stereocenters. The smallest absolute Gasteiger partial charge is 0.345 e. The molecule has 33 heavy (non-hydrogen) atoms. The van der Waals surface area contributed by atoms with Crippen molar-refractivity contribution in [3.63, 3.8) is 0 Å². The van der Waals surface area contributed by atoms with Crippen molar-refractivity contribution in [1.82, 2.24) is 9.88 Å². The highest BCUT2D eigenvalue weighted by molar-refractivity contribution is 5.93. The summed E-state index contributed by atoms with van der Waals surface area (Å²) in [5.41, 5.74) is 0.159. The number of carbonyl (C=O) groups is 3. The molecule has 0 spiro atoms. The third-order valence-electron chi connectivity index (χ3n) is 5.89. The molecule has 0 bridgehead atoms. The van der Waals surface area contributed by atoms with E-state index < -0.39 is 35.3 Å². The number of carboxylic acid groups (broad SMARTS) is 2. The van der Waals surface area contributed by atoms with E-state index in [9.17, 15) is 28.7 Å². The van der Waals surface area contributed by atoms with Gasteiger partial charge in [0.15, 0.2) is 6.10 Å². The van der Waals surface area contributed by atoms with Gasteiger partial charge in [-0.25, -0.2) is 14.0 Å². The van der Waals surface area contributed by atoms with E-state index in [4.69, 9.17) is 5.11 Å². The predicted molar refractivity (Wildman–Crippen MR) is 115 cm³/mol. The minimum atomic E-state index is -1.28. The molecule has 2 saturated heterocycles. The van der Waals surface area contributed by atoms with Gasteiger partial charge < -0.3 is 29.7 Å². The molecule has 0 amide bonds. The Labute approximate surface area is 187 Å². The maximum atomic E-state index is 14.6. The summed E-state index contributed by atoms with van der Waals surface area (Å²) in [6.07, 6.45) is 2.95. The van der Waals surface area contributed by atoms with E-state index in [1.54, 1.807) is 6.07 Å². The van der Waals surface area contributed by atoms with Crippen molar-refractivity contribution in [1.29, 1.82) is 0 Å². The van der Waals surface area contributed by atoms with Gasteiger partial charge in [-0.1, -0.05) is 0 Å². The summed E-state index contributed by atoms with van der Waals surface area (Å²) in [6.45, 7) is 2.96. The number of fused-ring (bicyclic) bond motifs is 1. The zero-order chi connectivity index (χ0) is 23.7. The summed E-state index contributed by atoms with van der Waals surface area (Å²) in [6, 6.07) is 3.08. The number of halogens is 1. The number of hydrogen-bond acceptors (Lipinski definition) is 7. The summed E-state index contributed by atoms with van der Waals surface area (Å²) >= 11 is 0. The lowest BCUT2D eigenvalue weighted by atomic mass is 10.1. The quantitative estimate of drug-likeness (QED) is 0.576. The molecule has 1 aromatic heterocycles. The first kappa shape index (κ1) is 22.7. The number of benzene rings is 1. The van der Waals surface area contributed by atoms with Gasteiger partial charge in [-0.2, -0.15) is 0 Å². The lowest BCUT2D eigenvalue weighted by molar-refractivity contribution is -0.156. The number of aliphatic carboxylic acids is 1. The molecule has 0 unspecified atom stereocenters. The van der Waals surface area contributed by atoms with Crippen LogP contribution in [0, 0.1) is 5.82 Å². The molecule has 2 aromatic rings. The number of rotatable bonds is 4. The van der Waals surface area contributed by atoms with Gasteiger partial charge in [0.2, 0.25) is 5.43 Å². The molecule has 3 aliphatic rings. The van der Waals surface area contributed by atoms with Crippen LogP contribution in [-0.4, -0.2) is 65.0 Å². The SMILES string of the molecule is O=C(O)c1cn(C2CC2)c2cc(N3CCNCC3)c(F)cc2c1=O.O=C1CC[C@H](C(=O)O)O1. The topological polar surface area (TPSA) is 138 Å². The fourth-order valence-electron chi connectivity index (χ4n) is 4.01. The summed E-state index contributed by atoms with van der Waals surface area (Å²) in [4.78, 5) is 46.1. The zero-order valence-electron chi connectivity index (χ0n) is 17.8. The molecule has 5 rings (SSSR count). The van der Waals surface area contributed by atoms with Gasteiger partial charge in [-0.15, -0.1) is 0 Å². The Bertz CT molecular complexity index is 1170. The van der Waals surface area contributed by atoms with Crippen LogP contribution in [0.25, 0.3) is 10.9 Å². The maximum absolute atomic E-state index is 14.6. The number of ether oxygens (including phenoxy) is 1. The van der Waals surface area contributed by atoms with Crippen LogP contribution in [0.1, 0.15) is 42.1 Å². The number of hydrogen-bond donors (Lipinski definition) is 3. The number of piperazine rings is 1. The van der Waals surface area contributed by atoms with Crippen molar-refractivity contribution >= 4 is 34.5 Å². The van der Waals surface area contributed by atoms with Crippen LogP contribution in [0.3, 0.4) is 0 Å². The standard InChI is InChI=1S/C17H18FN3O3.C5H6O4/c18-13-7-11-14(8-15(13)20-5-3-19-4-6-20)21(10-1-2-10)9-12(16(11)22)17(23)24;6-4-2-1-3(9-4)5(7)8/h7-10,19H,1-6H2,(H,23,24);3H,1-2H2,(H,7,8)/t;3-/m.1/s1. The number of anilines is 1. The van der Waals surface area contributed by atoms with Gasteiger partial charge in [0.25, 0.3) is 0 Å². The van der Waals surface area contributed by atoms with Crippen LogP contribution in [0.5, 0.6) is 0 Å². The first-order valence-electron chi connectivity index (χ1n) is 10.8. The van der Waals surface area contributed by atoms with Gasteiger partial charge in [-0.3, -0.25) is 9.59 Å². The third kappa shape index (κ3) is 4.82. The molecular weight excluding hydrogens is 437 g/mol. The van der Waals surface area contributed by atoms with Crippen molar-refractivity contribution in [3.8, 4) is 0 Å². The predicted octanol–water partition coefficient (Wildman–Crippen LogP) is 1.36. The number of carboxylic acids is 2. The van der Waals surface area contributed by atoms with E-state index >= 15 is 0 Å². The Morgan fingerprint density at radius 1 is 1.09 bits per heavy atom. The first-order chi connectivity index (χ1) is 15.8. The molecule has 2 aliphatic heterocycles. The number of cyclic esters (lactones) is 1. The first-order valence-corrected chi connectivity index (χ1v) is 10.8. The Morgan fingerprint density at radius 2 is 1.79 bits per heavy atom. The minimum absolute atomic E-state index is 0.137. The number of nitrogens with one attached hydrogen (secondary N) is 1. The van der Waals surface area contributed by atoms with E-state index in [0.717, 1.165) is 25.9 Å². The summed E-state index contributed by atoms with van der Waals surface area (Å²) in [5.74, 6) is -3.22. The van der Waals surface area contributed by atoms with Gasteiger partial charge in [0.1, 0.15) is 11.4 Å². The van der Waals surface area contributed by atoms with Crippen LogP contribution >= 0.6 is 0 Å². The van der Waals surface area contributed by atoms with Crippen LogP contribution in [0.2, 0.25) is 0 Å². The molecule has 11 heteroatoms. The monoisotopic (exact) mass is 461 g/mol. The Hall–Kier alpha value is -3.47. The highest BCUT2D eigenvalue weighted by atomic mass is 19.1. The number of aromatic nitrogens is 1. The Balaban J connectivity index is 0.000000243. The highest BCUT2D eigenvalue weighted by Gasteiger charge is 2.29. The second kappa shape index (κ2) is 9.18. The van der Waals surface area contributed by atoms with Crippen molar-refractivity contribution in [3.05, 3.63) is 39.9 Å². The Morgan fingerprint density at radius 3 is 2.30 bits per heavy atom. The normalized spacial score (nSPS) is 20.2. The van der Waals surface area contributed by atoms with Gasteiger partial charge in [-0.05, 0) is 25.0 Å². The van der Waals surface area contributed by atoms with Crippen LogP contribution < -0.4 is 15.6 Å². The number of nitrogens with zero attached hydrogens (tertiary/aromatic N) is 2. The fourth-order valence-corrected chi connectivity index (χ4v) is 4.01. The molecule has 3 heterocycles. The molecule has 3 N–H and O–H groups in total. The molecular formula is C22H24FN3O7. The van der Waals surface area contributed by atoms with Crippen LogP contribution in [-0.2, 0) is 14.3 Å². The number of aromatic carboxylic acids is 1. The number of carbonyl (C=O) groups excluding carboxylic acids is 1. The number of esters is 1. The van der Waals surface area contributed by atoms with E-state index in [1.807, 2.05) is 9.47 Å². The Kier molecular flexibility index (Phi) is 6.32. The average Bonchev–Trinajstić information content (AvgIpc) is 3.54. The molecule has 1 saturated carbocycles. The molecule has 1 aromatic carbocycles. The van der Waals surface area contributed by atoms with Gasteiger partial charge in [0, 0.05) is 56.6 Å². The van der Waals surface area contributed by atoms with Crippen molar-refractivity contribution in [2.24, 2.45) is 0 Å². The molecule has 1 aliphatic carbocycles. The van der Waals surface area contributed by atoms with E-state index in [1.165, 1.54) is 12.3 Å². The maximum Gasteiger partial charge on any atom is 0.345 e. The fraction of sp³-hybridized carbons (Fsp3) is 0.455. The van der Waals surface area contributed by atoms with Gasteiger partial charge in [0.05, 0.1) is 11.2 Å². The molecule has 10 nitrogen and oxygen atoms in total. The second-order valence-corrected chi connectivity index (χ2v) is 8.23. The second-order valence-electron chi connectivity index (χ2n) is 8.23. The zero-order valence-corrected chi connectivity index (χ0v) is 17.8. The van der Waals surface area contributed by atoms with Crippen molar-refractivity contribution in [2.45, 2.75) is 37.8 Å². The summed E-state index contributed by atoms with van der Waals surface area (Å²) in [5, 5.41) is 20.9. The van der Waals surface area contributed by atoms with Gasteiger partial charge >= 0.3 is 17.9 Å². The number of pyridine rings is 1. The summed E-state index contributed by atoms with van der Waals surface area (Å²) < 4.78 is 20.8. The average molecular weight is 461 g/mol. The molecule has 3 fully saturated rings. The van der Waals surface area contributed by atoms with E-state index in [-0.39, 0.29) is 23.4 Å². The highest BCUT2D eigenvalue weighted by Crippen LogP contribution is 2.38. The molecule has 0 radical (unpaired) electrons. The largest absolute Gasteiger partial charge is 0.479 e. The lowest BCUT2D eigenvalue weighted by Crippen LogP contribution is -2.43. The van der Waals surface area contributed by atoms with Crippen molar-refractivity contribution in [2.75, 3.05) is 31.1 Å². The van der Waals surface area contributed by atoms with E-state index in [0.29, 0.717) is 30.7 Å². The van der Waals surface area contributed by atoms with Crippen LogP contribution in [0.15, 0.2) is 23.1 Å². The third-order valence-corrected chi connectivity index (χ3v) is 5.89. The van der Waals surface area contributed by atoms with E-state index in [2.05, 4.69) is 10.1 Å². The van der Waals surface area contributed by atoms with Crippen LogP contribution in [0.4, 0.5) is 10.1 Å². The van der Waals surface area contributed by atoms with Crippen molar-refractivity contribution < 1.29 is 33.7 Å². The summed E-state index contributed by atoms with van der Waals surface area (Å²) in [7, 11) is 0. The lowest BCUT2D eigenvalue weighted by Gasteiger charge is -2.30. The minimum Gasteiger partial charge on any atom is -0.479 e.